The lowest BCUT2D eigenvalue weighted by Crippen LogP contribution is -2.48. The Kier molecular flexibility index (Phi) is 8.87. The molecule has 2 amide bonds. The Morgan fingerprint density at radius 3 is 2.30 bits per heavy atom. The van der Waals surface area contributed by atoms with Crippen molar-refractivity contribution in [2.45, 2.75) is 33.7 Å². The van der Waals surface area contributed by atoms with Gasteiger partial charge in [0.05, 0.1) is 19.4 Å². The van der Waals surface area contributed by atoms with Crippen LogP contribution in [0.15, 0.2) is 53.6 Å². The largest absolute Gasteiger partial charge is 0.490 e. The molecule has 0 aromatic heterocycles. The predicted molar refractivity (Wildman–Crippen MR) is 117 cm³/mol. The van der Waals surface area contributed by atoms with E-state index in [1.165, 1.54) is 6.21 Å². The maximum atomic E-state index is 12.6. The smallest absolute Gasteiger partial charge is 0.262 e. The third kappa shape index (κ3) is 6.62. The molecule has 0 saturated heterocycles. The van der Waals surface area contributed by atoms with Crippen molar-refractivity contribution in [1.82, 2.24) is 10.7 Å². The molecule has 0 aliphatic heterocycles. The van der Waals surface area contributed by atoms with Gasteiger partial charge in [-0.05, 0) is 55.7 Å². The third-order valence-corrected chi connectivity index (χ3v) is 4.23. The van der Waals surface area contributed by atoms with Crippen molar-refractivity contribution in [3.63, 3.8) is 0 Å². The van der Waals surface area contributed by atoms with Crippen molar-refractivity contribution in [1.29, 1.82) is 0 Å². The van der Waals surface area contributed by atoms with Crippen LogP contribution in [0.2, 0.25) is 0 Å². The molecule has 0 spiro atoms. The van der Waals surface area contributed by atoms with Crippen LogP contribution < -0.4 is 20.2 Å². The molecule has 2 aromatic carbocycles. The normalized spacial score (nSPS) is 11.9. The highest BCUT2D eigenvalue weighted by atomic mass is 16.5. The Hall–Kier alpha value is -3.35. The maximum absolute atomic E-state index is 12.6. The number of nitrogens with zero attached hydrogens (tertiary/aromatic N) is 1. The highest BCUT2D eigenvalue weighted by molar-refractivity contribution is 5.97. The summed E-state index contributed by atoms with van der Waals surface area (Å²) in [5, 5.41) is 6.80. The van der Waals surface area contributed by atoms with Gasteiger partial charge in [0.2, 0.25) is 0 Å². The van der Waals surface area contributed by atoms with Gasteiger partial charge in [-0.15, -0.1) is 0 Å². The van der Waals surface area contributed by atoms with Crippen LogP contribution in [-0.4, -0.2) is 37.3 Å². The van der Waals surface area contributed by atoms with Crippen LogP contribution >= 0.6 is 0 Å². The number of carbonyl (C=O) groups excluding carboxylic acids is 2. The monoisotopic (exact) mass is 411 g/mol. The second kappa shape index (κ2) is 11.6. The topological polar surface area (TPSA) is 89.0 Å². The molecule has 0 aliphatic carbocycles. The summed E-state index contributed by atoms with van der Waals surface area (Å²) >= 11 is 0. The van der Waals surface area contributed by atoms with E-state index in [-0.39, 0.29) is 17.7 Å². The molecule has 2 aromatic rings. The number of rotatable bonds is 10. The highest BCUT2D eigenvalue weighted by Gasteiger charge is 2.24. The summed E-state index contributed by atoms with van der Waals surface area (Å²) in [5.74, 6) is 0.472. The number of nitrogens with one attached hydrogen (secondary N) is 2. The van der Waals surface area contributed by atoms with Gasteiger partial charge in [-0.3, -0.25) is 9.59 Å². The number of hydrogen-bond donors (Lipinski definition) is 2. The van der Waals surface area contributed by atoms with Gasteiger partial charge < -0.3 is 14.8 Å². The SMILES string of the molecule is CCOc1ccc(/C=N/NC(=O)C(NC(=O)c2ccccc2)C(C)C)cc1OCC. The van der Waals surface area contributed by atoms with Crippen molar-refractivity contribution < 1.29 is 19.1 Å². The van der Waals surface area contributed by atoms with Crippen LogP contribution in [0.4, 0.5) is 0 Å². The number of ether oxygens (including phenoxy) is 2. The van der Waals surface area contributed by atoms with Gasteiger partial charge in [-0.2, -0.15) is 5.10 Å². The van der Waals surface area contributed by atoms with Gasteiger partial charge in [0.25, 0.3) is 11.8 Å². The lowest BCUT2D eigenvalue weighted by molar-refractivity contribution is -0.123. The van der Waals surface area contributed by atoms with Gasteiger partial charge >= 0.3 is 0 Å². The van der Waals surface area contributed by atoms with Crippen LogP contribution in [-0.2, 0) is 4.79 Å². The predicted octanol–water partition coefficient (Wildman–Crippen LogP) is 3.39. The van der Waals surface area contributed by atoms with Crippen molar-refractivity contribution >= 4 is 18.0 Å². The summed E-state index contributed by atoms with van der Waals surface area (Å²) in [6.07, 6.45) is 1.52. The van der Waals surface area contributed by atoms with Crippen LogP contribution in [0.1, 0.15) is 43.6 Å². The van der Waals surface area contributed by atoms with Crippen LogP contribution in [0.25, 0.3) is 0 Å². The lowest BCUT2D eigenvalue weighted by atomic mass is 10.0. The first kappa shape index (κ1) is 22.9. The average Bonchev–Trinajstić information content (AvgIpc) is 2.74. The Morgan fingerprint density at radius 1 is 1.00 bits per heavy atom. The lowest BCUT2D eigenvalue weighted by Gasteiger charge is -2.20. The molecule has 0 aliphatic rings. The molecule has 30 heavy (non-hydrogen) atoms. The van der Waals surface area contributed by atoms with Gasteiger partial charge in [-0.25, -0.2) is 5.43 Å². The maximum Gasteiger partial charge on any atom is 0.262 e. The summed E-state index contributed by atoms with van der Waals surface area (Å²) in [4.78, 5) is 25.0. The van der Waals surface area contributed by atoms with E-state index in [4.69, 9.17) is 9.47 Å². The molecule has 2 N–H and O–H groups in total. The molecule has 0 fully saturated rings. The molecule has 1 atom stereocenters. The van der Waals surface area contributed by atoms with Crippen molar-refractivity contribution in [3.8, 4) is 11.5 Å². The molecule has 0 bridgehead atoms. The number of hydrazone groups is 1. The molecule has 160 valence electrons. The molecular formula is C23H29N3O4. The van der Waals surface area contributed by atoms with Gasteiger partial charge in [-0.1, -0.05) is 32.0 Å². The Balaban J connectivity index is 2.03. The minimum Gasteiger partial charge on any atom is -0.490 e. The van der Waals surface area contributed by atoms with E-state index in [1.807, 2.05) is 39.8 Å². The molecular weight excluding hydrogens is 382 g/mol. The minimum absolute atomic E-state index is 0.108. The first-order chi connectivity index (χ1) is 14.5. The van der Waals surface area contributed by atoms with Gasteiger partial charge in [0.15, 0.2) is 11.5 Å². The van der Waals surface area contributed by atoms with Crippen LogP contribution in [0.3, 0.4) is 0 Å². The van der Waals surface area contributed by atoms with E-state index in [1.54, 1.807) is 36.4 Å². The molecule has 1 unspecified atom stereocenters. The minimum atomic E-state index is -0.714. The fourth-order valence-corrected chi connectivity index (χ4v) is 2.74. The molecule has 0 radical (unpaired) electrons. The highest BCUT2D eigenvalue weighted by Crippen LogP contribution is 2.27. The number of benzene rings is 2. The summed E-state index contributed by atoms with van der Waals surface area (Å²) in [5.41, 5.74) is 3.75. The van der Waals surface area contributed by atoms with Crippen molar-refractivity contribution in [3.05, 3.63) is 59.7 Å². The number of amides is 2. The van der Waals surface area contributed by atoms with E-state index in [9.17, 15) is 9.59 Å². The fourth-order valence-electron chi connectivity index (χ4n) is 2.74. The number of hydrogen-bond acceptors (Lipinski definition) is 5. The van der Waals surface area contributed by atoms with E-state index in [0.29, 0.717) is 30.3 Å². The first-order valence-corrected chi connectivity index (χ1v) is 10.0. The zero-order chi connectivity index (χ0) is 21.9. The molecule has 0 saturated carbocycles. The van der Waals surface area contributed by atoms with Crippen molar-refractivity contribution in [2.75, 3.05) is 13.2 Å². The van der Waals surface area contributed by atoms with Gasteiger partial charge in [0.1, 0.15) is 6.04 Å². The molecule has 2 rings (SSSR count). The quantitative estimate of drug-likeness (QED) is 0.463. The third-order valence-electron chi connectivity index (χ3n) is 4.23. The Bertz CT molecular complexity index is 866. The van der Waals surface area contributed by atoms with E-state index in [2.05, 4.69) is 15.8 Å². The average molecular weight is 412 g/mol. The second-order valence-electron chi connectivity index (χ2n) is 6.87. The summed E-state index contributed by atoms with van der Waals surface area (Å²) < 4.78 is 11.1. The van der Waals surface area contributed by atoms with E-state index in [0.717, 1.165) is 5.56 Å². The molecule has 7 nitrogen and oxygen atoms in total. The van der Waals surface area contributed by atoms with E-state index >= 15 is 0 Å². The van der Waals surface area contributed by atoms with Crippen LogP contribution in [0.5, 0.6) is 11.5 Å². The summed E-state index contributed by atoms with van der Waals surface area (Å²) in [6, 6.07) is 13.5. The summed E-state index contributed by atoms with van der Waals surface area (Å²) in [6.45, 7) is 8.57. The zero-order valence-electron chi connectivity index (χ0n) is 17.8. The summed E-state index contributed by atoms with van der Waals surface area (Å²) in [7, 11) is 0. The standard InChI is InChI=1S/C23H29N3O4/c1-5-29-19-13-12-17(14-20(19)30-6-2)15-24-26-23(28)21(16(3)4)25-22(27)18-10-8-7-9-11-18/h7-16,21H,5-6H2,1-4H3,(H,25,27)(H,26,28)/b24-15+. The number of carbonyl (C=O) groups is 2. The van der Waals surface area contributed by atoms with Gasteiger partial charge in [0, 0.05) is 5.56 Å². The Morgan fingerprint density at radius 2 is 1.67 bits per heavy atom. The molecule has 7 heteroatoms. The second-order valence-corrected chi connectivity index (χ2v) is 6.87. The molecule has 0 heterocycles. The zero-order valence-corrected chi connectivity index (χ0v) is 17.8. The fraction of sp³-hybridized carbons (Fsp3) is 0.348. The van der Waals surface area contributed by atoms with Crippen LogP contribution in [0, 0.1) is 5.92 Å². The first-order valence-electron chi connectivity index (χ1n) is 10.0. The van der Waals surface area contributed by atoms with E-state index < -0.39 is 6.04 Å². The Labute approximate surface area is 177 Å². The van der Waals surface area contributed by atoms with Crippen molar-refractivity contribution in [2.24, 2.45) is 11.0 Å².